The zero-order valence-electron chi connectivity index (χ0n) is 25.2. The smallest absolute Gasteiger partial charge is 0.223 e. The van der Waals surface area contributed by atoms with E-state index in [2.05, 4.69) is 15.1 Å². The predicted molar refractivity (Wildman–Crippen MR) is 155 cm³/mol. The van der Waals surface area contributed by atoms with Crippen LogP contribution < -0.4 is 15.6 Å². The third-order valence-electron chi connectivity index (χ3n) is 3.48. The largest absolute Gasteiger partial charge is 0.479 e. The molecule has 3 N–H and O–H groups in total. The molecule has 0 unspecified atom stereocenters. The molecule has 0 spiro atoms. The molecule has 0 heterocycles. The number of ether oxygens (including phenoxy) is 2. The first-order valence-corrected chi connectivity index (χ1v) is 10.8. The quantitative estimate of drug-likeness (QED) is 0.0919. The van der Waals surface area contributed by atoms with Gasteiger partial charge in [-0.1, -0.05) is 59.8 Å². The number of nitrogens with two attached hydrogens (primary N) is 1. The molecule has 0 saturated heterocycles. The Morgan fingerprint density at radius 1 is 0.683 bits per heavy atom. The number of nitrogens with zero attached hydrogens (tertiary/aromatic N) is 2. The molecular formula is C29H43FN3O5Y3-3. The van der Waals surface area contributed by atoms with Gasteiger partial charge in [-0.15, -0.1) is 0 Å². The molecule has 3 radical (unpaired) electrons. The second-order valence-electron chi connectivity index (χ2n) is 6.23. The van der Waals surface area contributed by atoms with Gasteiger partial charge in [-0.2, -0.15) is 5.90 Å². The second-order valence-corrected chi connectivity index (χ2v) is 6.23. The van der Waals surface area contributed by atoms with Crippen molar-refractivity contribution in [1.29, 1.82) is 0 Å². The zero-order chi connectivity index (χ0) is 26.2. The average molecular weight is 799 g/mol. The first-order valence-electron chi connectivity index (χ1n) is 10.8. The van der Waals surface area contributed by atoms with E-state index in [1.807, 2.05) is 62.4 Å². The number of halogens is 1. The van der Waals surface area contributed by atoms with Crippen molar-refractivity contribution < 1.29 is 127 Å². The summed E-state index contributed by atoms with van der Waals surface area (Å²) in [6, 6.07) is 26.5. The van der Waals surface area contributed by atoms with E-state index in [0.717, 1.165) is 0 Å². The predicted octanol–water partition coefficient (Wildman–Crippen LogP) is 7.37. The monoisotopic (exact) mass is 799 g/mol. The Hall–Kier alpha value is -0.798. The van der Waals surface area contributed by atoms with E-state index >= 15 is 0 Å². The normalized spacial score (nSPS) is 8.63. The van der Waals surface area contributed by atoms with Crippen molar-refractivity contribution in [1.82, 2.24) is 0 Å². The van der Waals surface area contributed by atoms with E-state index in [4.69, 9.17) is 25.4 Å². The molecule has 0 aliphatic carbocycles. The molecule has 0 saturated carbocycles. The summed E-state index contributed by atoms with van der Waals surface area (Å²) in [5.74, 6) is 6.91. The third-order valence-corrected chi connectivity index (χ3v) is 3.48. The Labute approximate surface area is 322 Å². The summed E-state index contributed by atoms with van der Waals surface area (Å²) in [6.45, 7) is 8.23. The summed E-state index contributed by atoms with van der Waals surface area (Å²) >= 11 is 0. The number of hydrogen-bond donors (Lipinski definition) is 2. The van der Waals surface area contributed by atoms with Crippen LogP contribution in [0.3, 0.4) is 0 Å². The van der Waals surface area contributed by atoms with Crippen LogP contribution in [0.2, 0.25) is 0 Å². The maximum absolute atomic E-state index is 11.9. The Kier molecular flexibility index (Phi) is 56.5. The second kappa shape index (κ2) is 41.3. The molecule has 12 heteroatoms. The fourth-order valence-corrected chi connectivity index (χ4v) is 1.99. The molecule has 0 aliphatic rings. The number of oxime groups is 2. The number of benzene rings is 3. The van der Waals surface area contributed by atoms with Gasteiger partial charge in [0.25, 0.3) is 0 Å². The van der Waals surface area contributed by atoms with Crippen LogP contribution >= 0.6 is 0 Å². The summed E-state index contributed by atoms with van der Waals surface area (Å²) in [7, 11) is 0. The first-order chi connectivity index (χ1) is 17.0. The minimum atomic E-state index is -0.178. The van der Waals surface area contributed by atoms with E-state index < -0.39 is 0 Å². The van der Waals surface area contributed by atoms with E-state index in [1.165, 1.54) is 12.1 Å². The van der Waals surface area contributed by atoms with E-state index in [-0.39, 0.29) is 126 Å². The minimum Gasteiger partial charge on any atom is -0.479 e. The Balaban J connectivity index is -0.0000000741. The van der Waals surface area contributed by atoms with Crippen molar-refractivity contribution >= 4 is 11.8 Å². The molecular weight excluding hydrogens is 756 g/mol. The third kappa shape index (κ3) is 37.2. The molecule has 0 atom stereocenters. The van der Waals surface area contributed by atoms with Gasteiger partial charge in [-0.05, 0) is 55.4 Å². The molecule has 3 rings (SSSR count). The van der Waals surface area contributed by atoms with Gasteiger partial charge in [-0.25, -0.2) is 4.39 Å². The summed E-state index contributed by atoms with van der Waals surface area (Å²) < 4.78 is 21.7. The van der Waals surface area contributed by atoms with Crippen molar-refractivity contribution in [3.8, 4) is 11.5 Å². The standard InChI is InChI=1S/C10H13NO2.C6H5F.C6H7NO.C4H9NO2.3CH3.3Y/c1-3-12-9(2)11-13-10-7-5-4-6-8-10;7-6-4-2-1-3-5-6;7-8-6-4-2-1-3-5-6;1-3-7-4(2)5-6;;;;;;/h4-8H,3H2,1-2H3;1-5H;1-5H,7H2;6H,3H2,1-2H3;3*1H3;;;/q;;;;3*-1;;;/b11-9+;;;5-4-;;;;;;. The summed E-state index contributed by atoms with van der Waals surface area (Å²) in [4.78, 5) is 9.50. The van der Waals surface area contributed by atoms with Crippen molar-refractivity contribution in [2.45, 2.75) is 27.7 Å². The molecule has 0 aliphatic heterocycles. The fourth-order valence-electron chi connectivity index (χ4n) is 1.99. The van der Waals surface area contributed by atoms with Gasteiger partial charge in [0, 0.05) is 112 Å². The van der Waals surface area contributed by atoms with E-state index in [9.17, 15) is 4.39 Å². The molecule has 3 aromatic carbocycles. The van der Waals surface area contributed by atoms with Crippen LogP contribution in [0.4, 0.5) is 4.39 Å². The maximum Gasteiger partial charge on any atom is 0.223 e. The van der Waals surface area contributed by atoms with Gasteiger partial charge in [0.2, 0.25) is 11.8 Å². The van der Waals surface area contributed by atoms with Crippen LogP contribution in [0.25, 0.3) is 0 Å². The molecule has 41 heavy (non-hydrogen) atoms. The van der Waals surface area contributed by atoms with Gasteiger partial charge in [-0.3, -0.25) is 0 Å². The molecule has 223 valence electrons. The van der Waals surface area contributed by atoms with Gasteiger partial charge < -0.3 is 46.6 Å². The average Bonchev–Trinajstić information content (AvgIpc) is 2.90. The molecule has 0 aromatic heterocycles. The molecule has 0 bridgehead atoms. The van der Waals surface area contributed by atoms with E-state index in [0.29, 0.717) is 36.5 Å². The SMILES string of the molecule is CCO/C(C)=N/Oc1ccccc1.CCO/C(C)=N\O.Fc1ccccc1.NOc1ccccc1.[CH3-].[CH3-].[CH3-].[Y].[Y].[Y]. The van der Waals surface area contributed by atoms with Crippen molar-refractivity contribution in [3.05, 3.63) is 119 Å². The van der Waals surface area contributed by atoms with Gasteiger partial charge in [0.15, 0.2) is 5.75 Å². The maximum atomic E-state index is 11.9. The zero-order valence-corrected chi connectivity index (χ0v) is 33.8. The van der Waals surface area contributed by atoms with Crippen LogP contribution in [-0.2, 0) is 108 Å². The van der Waals surface area contributed by atoms with Crippen molar-refractivity contribution in [3.63, 3.8) is 0 Å². The number of rotatable bonds is 5. The molecule has 8 nitrogen and oxygen atoms in total. The van der Waals surface area contributed by atoms with E-state index in [1.54, 1.807) is 44.2 Å². The molecule has 0 fully saturated rings. The number of para-hydroxylation sites is 2. The summed E-state index contributed by atoms with van der Waals surface area (Å²) in [5, 5.41) is 14.5. The first kappa shape index (κ1) is 56.0. The van der Waals surface area contributed by atoms with Crippen LogP contribution in [-0.4, -0.2) is 30.2 Å². The van der Waals surface area contributed by atoms with Crippen LogP contribution in [0, 0.1) is 28.1 Å². The van der Waals surface area contributed by atoms with Gasteiger partial charge >= 0.3 is 0 Å². The van der Waals surface area contributed by atoms with Gasteiger partial charge in [0.1, 0.15) is 11.6 Å². The molecule has 0 amide bonds. The van der Waals surface area contributed by atoms with Crippen LogP contribution in [0.15, 0.2) is 101 Å². The Morgan fingerprint density at radius 2 is 1.05 bits per heavy atom. The van der Waals surface area contributed by atoms with Gasteiger partial charge in [0.05, 0.1) is 13.2 Å². The van der Waals surface area contributed by atoms with Crippen molar-refractivity contribution in [2.24, 2.45) is 16.2 Å². The summed E-state index contributed by atoms with van der Waals surface area (Å²) in [6.07, 6.45) is 0. The van der Waals surface area contributed by atoms with Crippen LogP contribution in [0.1, 0.15) is 27.7 Å². The molecule has 3 aromatic rings. The number of hydrogen-bond acceptors (Lipinski definition) is 8. The van der Waals surface area contributed by atoms with Crippen LogP contribution in [0.5, 0.6) is 11.5 Å². The fraction of sp³-hybridized carbons (Fsp3) is 0.207. The minimum absolute atomic E-state index is 0. The topological polar surface area (TPSA) is 108 Å². The summed E-state index contributed by atoms with van der Waals surface area (Å²) in [5.41, 5.74) is 0. The van der Waals surface area contributed by atoms with Crippen molar-refractivity contribution in [2.75, 3.05) is 13.2 Å². The Morgan fingerprint density at radius 3 is 1.32 bits per heavy atom. The Bertz CT molecular complexity index is 944.